The molecule has 1 aromatic rings. The standard InChI is InChI=1S/C12H12BrFO3/c1-17-11-8(4-7(13)5-9(11)14)12(2-3-12)6-10(15)16/h4-5H,2-3,6H2,1H3,(H,15,16). The summed E-state index contributed by atoms with van der Waals surface area (Å²) < 4.78 is 19.4. The summed E-state index contributed by atoms with van der Waals surface area (Å²) in [6.45, 7) is 0. The van der Waals surface area contributed by atoms with Crippen LogP contribution in [0.15, 0.2) is 16.6 Å². The zero-order chi connectivity index (χ0) is 12.6. The topological polar surface area (TPSA) is 46.5 Å². The highest BCUT2D eigenvalue weighted by atomic mass is 79.9. The zero-order valence-corrected chi connectivity index (χ0v) is 10.9. The molecule has 0 atom stereocenters. The van der Waals surface area contributed by atoms with Gasteiger partial charge >= 0.3 is 5.97 Å². The van der Waals surface area contributed by atoms with E-state index in [0.717, 1.165) is 12.8 Å². The average Bonchev–Trinajstić information content (AvgIpc) is 2.96. The van der Waals surface area contributed by atoms with Crippen LogP contribution in [0.1, 0.15) is 24.8 Å². The molecule has 1 saturated carbocycles. The van der Waals surface area contributed by atoms with Gasteiger partial charge < -0.3 is 9.84 Å². The van der Waals surface area contributed by atoms with Crippen molar-refractivity contribution in [2.75, 3.05) is 7.11 Å². The Balaban J connectivity index is 2.47. The van der Waals surface area contributed by atoms with E-state index in [9.17, 15) is 9.18 Å². The molecule has 1 N–H and O–H groups in total. The number of hydrogen-bond acceptors (Lipinski definition) is 2. The van der Waals surface area contributed by atoms with Gasteiger partial charge in [-0.2, -0.15) is 0 Å². The van der Waals surface area contributed by atoms with Crippen LogP contribution in [-0.4, -0.2) is 18.2 Å². The Morgan fingerprint density at radius 1 is 1.59 bits per heavy atom. The predicted octanol–water partition coefficient (Wildman–Crippen LogP) is 3.10. The van der Waals surface area contributed by atoms with Gasteiger partial charge in [-0.25, -0.2) is 4.39 Å². The quantitative estimate of drug-likeness (QED) is 0.929. The summed E-state index contributed by atoms with van der Waals surface area (Å²) in [5.41, 5.74) is 0.191. The SMILES string of the molecule is COc1c(F)cc(Br)cc1C1(CC(=O)O)CC1. The van der Waals surface area contributed by atoms with Gasteiger partial charge in [0.15, 0.2) is 11.6 Å². The van der Waals surface area contributed by atoms with Crippen LogP contribution in [0, 0.1) is 5.82 Å². The van der Waals surface area contributed by atoms with E-state index in [-0.39, 0.29) is 12.2 Å². The lowest BCUT2D eigenvalue weighted by atomic mass is 9.91. The Morgan fingerprint density at radius 2 is 2.24 bits per heavy atom. The van der Waals surface area contributed by atoms with Crippen molar-refractivity contribution in [2.45, 2.75) is 24.7 Å². The summed E-state index contributed by atoms with van der Waals surface area (Å²) >= 11 is 3.22. The average molecular weight is 303 g/mol. The minimum atomic E-state index is -0.870. The van der Waals surface area contributed by atoms with Crippen molar-refractivity contribution in [1.82, 2.24) is 0 Å². The molecule has 1 aliphatic carbocycles. The Morgan fingerprint density at radius 3 is 2.71 bits per heavy atom. The Labute approximate surface area is 107 Å². The lowest BCUT2D eigenvalue weighted by molar-refractivity contribution is -0.137. The second kappa shape index (κ2) is 4.29. The number of rotatable bonds is 4. The van der Waals surface area contributed by atoms with Crippen LogP contribution in [0.5, 0.6) is 5.75 Å². The highest BCUT2D eigenvalue weighted by molar-refractivity contribution is 9.10. The highest BCUT2D eigenvalue weighted by Gasteiger charge is 2.48. The number of benzene rings is 1. The monoisotopic (exact) mass is 302 g/mol. The fraction of sp³-hybridized carbons (Fsp3) is 0.417. The van der Waals surface area contributed by atoms with Gasteiger partial charge in [-0.05, 0) is 25.0 Å². The third-order valence-electron chi connectivity index (χ3n) is 3.13. The highest BCUT2D eigenvalue weighted by Crippen LogP contribution is 2.54. The molecule has 0 bridgehead atoms. The number of carboxylic acid groups (broad SMARTS) is 1. The van der Waals surface area contributed by atoms with Crippen LogP contribution >= 0.6 is 15.9 Å². The number of methoxy groups -OCH3 is 1. The third kappa shape index (κ3) is 2.29. The summed E-state index contributed by atoms with van der Waals surface area (Å²) in [6, 6.07) is 3.07. The summed E-state index contributed by atoms with van der Waals surface area (Å²) in [5, 5.41) is 8.91. The normalized spacial score (nSPS) is 16.6. The number of carboxylic acids is 1. The molecular weight excluding hydrogens is 291 g/mol. The van der Waals surface area contributed by atoms with E-state index in [0.29, 0.717) is 10.0 Å². The molecule has 1 aliphatic rings. The molecule has 3 nitrogen and oxygen atoms in total. The molecule has 0 spiro atoms. The van der Waals surface area contributed by atoms with Gasteiger partial charge in [0.05, 0.1) is 13.5 Å². The molecule has 0 radical (unpaired) electrons. The maximum absolute atomic E-state index is 13.7. The molecule has 1 fully saturated rings. The molecule has 0 aromatic heterocycles. The molecular formula is C12H12BrFO3. The van der Waals surface area contributed by atoms with Gasteiger partial charge in [0.2, 0.25) is 0 Å². The van der Waals surface area contributed by atoms with Gasteiger partial charge in [0.1, 0.15) is 0 Å². The van der Waals surface area contributed by atoms with Crippen LogP contribution in [0.3, 0.4) is 0 Å². The van der Waals surface area contributed by atoms with Crippen molar-refractivity contribution >= 4 is 21.9 Å². The van der Waals surface area contributed by atoms with E-state index < -0.39 is 17.2 Å². The molecule has 17 heavy (non-hydrogen) atoms. The van der Waals surface area contributed by atoms with E-state index in [1.54, 1.807) is 6.07 Å². The minimum Gasteiger partial charge on any atom is -0.493 e. The Bertz CT molecular complexity index is 469. The fourth-order valence-electron chi connectivity index (χ4n) is 2.14. The minimum absolute atomic E-state index is 0.0131. The maximum Gasteiger partial charge on any atom is 0.304 e. The number of aliphatic carboxylic acids is 1. The van der Waals surface area contributed by atoms with Crippen LogP contribution in [0.4, 0.5) is 4.39 Å². The maximum atomic E-state index is 13.7. The van der Waals surface area contributed by atoms with Crippen molar-refractivity contribution < 1.29 is 19.0 Å². The second-order valence-electron chi connectivity index (χ2n) is 4.32. The lowest BCUT2D eigenvalue weighted by Crippen LogP contribution is -2.14. The Hall–Kier alpha value is -1.10. The fourth-order valence-corrected chi connectivity index (χ4v) is 2.57. The molecule has 0 heterocycles. The lowest BCUT2D eigenvalue weighted by Gasteiger charge is -2.18. The number of hydrogen-bond donors (Lipinski definition) is 1. The summed E-state index contributed by atoms with van der Waals surface area (Å²) in [5.74, 6) is -1.18. The summed E-state index contributed by atoms with van der Waals surface area (Å²) in [4.78, 5) is 10.9. The first kappa shape index (κ1) is 12.4. The zero-order valence-electron chi connectivity index (χ0n) is 9.30. The molecule has 0 saturated heterocycles. The smallest absolute Gasteiger partial charge is 0.304 e. The van der Waals surface area contributed by atoms with Crippen molar-refractivity contribution in [1.29, 1.82) is 0 Å². The first-order valence-electron chi connectivity index (χ1n) is 5.24. The Kier molecular flexibility index (Phi) is 3.12. The van der Waals surface area contributed by atoms with Crippen molar-refractivity contribution in [2.24, 2.45) is 0 Å². The number of ether oxygens (including phenoxy) is 1. The predicted molar refractivity (Wildman–Crippen MR) is 63.8 cm³/mol. The van der Waals surface area contributed by atoms with E-state index in [1.165, 1.54) is 13.2 Å². The van der Waals surface area contributed by atoms with Gasteiger partial charge in [-0.3, -0.25) is 4.79 Å². The second-order valence-corrected chi connectivity index (χ2v) is 5.23. The van der Waals surface area contributed by atoms with E-state index in [4.69, 9.17) is 9.84 Å². The van der Waals surface area contributed by atoms with Crippen LogP contribution in [0.25, 0.3) is 0 Å². The molecule has 92 valence electrons. The molecule has 5 heteroatoms. The van der Waals surface area contributed by atoms with Gasteiger partial charge in [0, 0.05) is 15.5 Å². The molecule has 0 unspecified atom stereocenters. The van der Waals surface area contributed by atoms with Crippen LogP contribution in [-0.2, 0) is 10.2 Å². The van der Waals surface area contributed by atoms with E-state index in [2.05, 4.69) is 15.9 Å². The first-order chi connectivity index (χ1) is 7.98. The van der Waals surface area contributed by atoms with Crippen molar-refractivity contribution in [3.63, 3.8) is 0 Å². The van der Waals surface area contributed by atoms with E-state index >= 15 is 0 Å². The van der Waals surface area contributed by atoms with Crippen LogP contribution in [0.2, 0.25) is 0 Å². The summed E-state index contributed by atoms with van der Waals surface area (Å²) in [7, 11) is 1.40. The molecule has 0 amide bonds. The molecule has 2 rings (SSSR count). The molecule has 1 aromatic carbocycles. The van der Waals surface area contributed by atoms with Gasteiger partial charge in [-0.15, -0.1) is 0 Å². The van der Waals surface area contributed by atoms with Gasteiger partial charge in [-0.1, -0.05) is 15.9 Å². The first-order valence-corrected chi connectivity index (χ1v) is 6.03. The van der Waals surface area contributed by atoms with Gasteiger partial charge in [0.25, 0.3) is 0 Å². The molecule has 0 aliphatic heterocycles. The number of carbonyl (C=O) groups is 1. The largest absolute Gasteiger partial charge is 0.493 e. The van der Waals surface area contributed by atoms with Crippen molar-refractivity contribution in [3.8, 4) is 5.75 Å². The van der Waals surface area contributed by atoms with Crippen LogP contribution < -0.4 is 4.74 Å². The number of halogens is 2. The van der Waals surface area contributed by atoms with Crippen molar-refractivity contribution in [3.05, 3.63) is 28.0 Å². The third-order valence-corrected chi connectivity index (χ3v) is 3.58. The van der Waals surface area contributed by atoms with E-state index in [1.807, 2.05) is 0 Å². The summed E-state index contributed by atoms with van der Waals surface area (Å²) in [6.07, 6.45) is 1.52.